The summed E-state index contributed by atoms with van der Waals surface area (Å²) >= 11 is 7.31. The van der Waals surface area contributed by atoms with Gasteiger partial charge < -0.3 is 25.1 Å². The summed E-state index contributed by atoms with van der Waals surface area (Å²) in [7, 11) is 0. The van der Waals surface area contributed by atoms with Gasteiger partial charge in [0.25, 0.3) is 0 Å². The molecular weight excluding hydrogens is 669 g/mol. The van der Waals surface area contributed by atoms with Gasteiger partial charge in [0.15, 0.2) is 5.82 Å². The number of imidazole rings is 1. The Morgan fingerprint density at radius 1 is 1.12 bits per heavy atom. The van der Waals surface area contributed by atoms with Crippen LogP contribution in [0.15, 0.2) is 59.8 Å². The summed E-state index contributed by atoms with van der Waals surface area (Å²) in [5.74, 6) is 2.68. The van der Waals surface area contributed by atoms with E-state index in [1.807, 2.05) is 18.2 Å². The maximum Gasteiger partial charge on any atom is 0.312 e. The number of pyridine rings is 1. The van der Waals surface area contributed by atoms with Crippen LogP contribution in [0.4, 0.5) is 9.18 Å². The molecule has 3 aromatic heterocycles. The van der Waals surface area contributed by atoms with Gasteiger partial charge >= 0.3 is 6.03 Å². The predicted molar refractivity (Wildman–Crippen MR) is 185 cm³/mol. The molecule has 5 heterocycles. The number of piperidine rings is 1. The summed E-state index contributed by atoms with van der Waals surface area (Å²) in [5, 5.41) is 10.9. The summed E-state index contributed by atoms with van der Waals surface area (Å²) in [6, 6.07) is 16.0. The van der Waals surface area contributed by atoms with Crippen molar-refractivity contribution in [3.8, 4) is 17.3 Å². The van der Waals surface area contributed by atoms with Crippen molar-refractivity contribution in [1.29, 1.82) is 0 Å². The Balaban J connectivity index is 0.998. The van der Waals surface area contributed by atoms with E-state index in [1.54, 1.807) is 18.2 Å². The van der Waals surface area contributed by atoms with Crippen LogP contribution in [0.1, 0.15) is 42.3 Å². The summed E-state index contributed by atoms with van der Waals surface area (Å²) in [4.78, 5) is 27.9. The lowest BCUT2D eigenvalue weighted by molar-refractivity contribution is -0.0592. The van der Waals surface area contributed by atoms with E-state index in [1.165, 1.54) is 17.8 Å². The Kier molecular flexibility index (Phi) is 10.3. The van der Waals surface area contributed by atoms with E-state index >= 15 is 0 Å². The summed E-state index contributed by atoms with van der Waals surface area (Å²) in [6.45, 7) is 4.64. The molecule has 7 rings (SSSR count). The van der Waals surface area contributed by atoms with Crippen LogP contribution >= 0.6 is 23.4 Å². The zero-order chi connectivity index (χ0) is 33.7. The molecule has 2 amide bonds. The number of amides is 2. The number of nitrogens with two attached hydrogens (primary N) is 1. The number of ether oxygens (including phenoxy) is 2. The number of carbonyl (C=O) groups excluding carboxylic acids is 1. The fourth-order valence-electron chi connectivity index (χ4n) is 6.16. The molecule has 2 aliphatic rings. The molecule has 49 heavy (non-hydrogen) atoms. The third-order valence-corrected chi connectivity index (χ3v) is 9.97. The van der Waals surface area contributed by atoms with Gasteiger partial charge in [-0.1, -0.05) is 35.5 Å². The topological polar surface area (TPSA) is 149 Å². The van der Waals surface area contributed by atoms with Crippen LogP contribution in [0.25, 0.3) is 22.4 Å². The molecule has 0 spiro atoms. The monoisotopic (exact) mass is 705 g/mol. The van der Waals surface area contributed by atoms with Crippen molar-refractivity contribution < 1.29 is 18.7 Å². The van der Waals surface area contributed by atoms with Crippen LogP contribution in [0.2, 0.25) is 5.02 Å². The maximum absolute atomic E-state index is 14.2. The molecule has 0 saturated carbocycles. The van der Waals surface area contributed by atoms with Crippen LogP contribution < -0.4 is 15.8 Å². The van der Waals surface area contributed by atoms with Crippen molar-refractivity contribution in [1.82, 2.24) is 39.9 Å². The van der Waals surface area contributed by atoms with Crippen molar-refractivity contribution in [3.05, 3.63) is 82.5 Å². The number of aromatic nitrogens is 6. The molecule has 0 aliphatic carbocycles. The van der Waals surface area contributed by atoms with Crippen LogP contribution in [0.5, 0.6) is 5.88 Å². The number of nitrogens with zero attached hydrogens (tertiary/aromatic N) is 6. The number of halogens is 2. The van der Waals surface area contributed by atoms with Crippen molar-refractivity contribution in [2.75, 3.05) is 32.0 Å². The normalized spacial score (nSPS) is 16.9. The van der Waals surface area contributed by atoms with Gasteiger partial charge in [0.05, 0.1) is 30.2 Å². The molecule has 12 nitrogen and oxygen atoms in total. The van der Waals surface area contributed by atoms with Gasteiger partial charge in [0.1, 0.15) is 18.2 Å². The summed E-state index contributed by atoms with van der Waals surface area (Å²) in [6.07, 6.45) is 3.16. The Labute approximate surface area is 291 Å². The Morgan fingerprint density at radius 3 is 2.76 bits per heavy atom. The number of rotatable bonds is 13. The molecule has 2 aromatic carbocycles. The van der Waals surface area contributed by atoms with Gasteiger partial charge in [-0.05, 0) is 68.8 Å². The SMILES string of the molecule is NC(=O)NCCSc1n[nH]c(-c2ccc3c(c2)nc(CN2CCC(c4cccc(OCc5ccc(Cl)cc5F)n4)CC2)n3C[C@@H]2CCO2)n1. The highest BCUT2D eigenvalue weighted by Gasteiger charge is 2.26. The third-order valence-electron chi connectivity index (χ3n) is 8.88. The standard InChI is InChI=1S/C34H37ClFN9O3S/c35-24-6-4-23(26(36)17-24)20-48-31-3-1-2-27(40-31)21-8-12-44(13-9-21)19-30-39-28-16-22(5-7-29(28)45(30)18-25-10-14-47-25)32-41-34(43-42-32)49-15-11-38-33(37)46/h1-7,16-17,21,25H,8-15,18-20H2,(H3,37,38,46)(H,41,42,43)/t25-/m0/s1. The number of hydrogen-bond donors (Lipinski definition) is 3. The third kappa shape index (κ3) is 8.15. The van der Waals surface area contributed by atoms with Crippen molar-refractivity contribution in [2.24, 2.45) is 5.73 Å². The predicted octanol–water partition coefficient (Wildman–Crippen LogP) is 5.52. The number of H-pyrrole nitrogens is 1. The Morgan fingerprint density at radius 2 is 1.98 bits per heavy atom. The highest BCUT2D eigenvalue weighted by molar-refractivity contribution is 7.99. The fourth-order valence-corrected chi connectivity index (χ4v) is 6.97. The fraction of sp³-hybridized carbons (Fsp3) is 0.382. The highest BCUT2D eigenvalue weighted by atomic mass is 35.5. The molecular formula is C34H37ClFN9O3S. The minimum Gasteiger partial charge on any atom is -0.473 e. The highest BCUT2D eigenvalue weighted by Crippen LogP contribution is 2.31. The molecule has 5 aromatic rings. The zero-order valence-electron chi connectivity index (χ0n) is 26.8. The van der Waals surface area contributed by atoms with Gasteiger partial charge in [-0.2, -0.15) is 0 Å². The number of thioether (sulfide) groups is 1. The first-order valence-corrected chi connectivity index (χ1v) is 17.7. The zero-order valence-corrected chi connectivity index (χ0v) is 28.4. The quantitative estimate of drug-likeness (QED) is 0.106. The van der Waals surface area contributed by atoms with E-state index in [9.17, 15) is 9.18 Å². The molecule has 4 N–H and O–H groups in total. The minimum atomic E-state index is -0.548. The second-order valence-corrected chi connectivity index (χ2v) is 13.7. The van der Waals surface area contributed by atoms with Crippen molar-refractivity contribution >= 4 is 40.4 Å². The van der Waals surface area contributed by atoms with E-state index in [4.69, 9.17) is 36.8 Å². The first-order chi connectivity index (χ1) is 23.9. The van der Waals surface area contributed by atoms with Gasteiger partial charge in [-0.25, -0.2) is 24.1 Å². The van der Waals surface area contributed by atoms with Crippen LogP contribution in [0.3, 0.4) is 0 Å². The number of urea groups is 1. The Bertz CT molecular complexity index is 1930. The van der Waals surface area contributed by atoms with Crippen LogP contribution in [-0.2, 0) is 24.4 Å². The molecule has 2 fully saturated rings. The number of aromatic amines is 1. The number of nitrogens with one attached hydrogen (secondary N) is 2. The number of carbonyl (C=O) groups is 1. The molecule has 0 bridgehead atoms. The molecule has 2 saturated heterocycles. The number of primary amides is 1. The first kappa shape index (κ1) is 33.3. The summed E-state index contributed by atoms with van der Waals surface area (Å²) in [5.41, 5.74) is 9.42. The van der Waals surface area contributed by atoms with E-state index < -0.39 is 11.8 Å². The van der Waals surface area contributed by atoms with Crippen LogP contribution in [-0.4, -0.2) is 78.7 Å². The van der Waals surface area contributed by atoms with Crippen molar-refractivity contribution in [2.45, 2.75) is 56.1 Å². The molecule has 15 heteroatoms. The van der Waals surface area contributed by atoms with Crippen LogP contribution in [0, 0.1) is 5.82 Å². The molecule has 1 atom stereocenters. The molecule has 2 aliphatic heterocycles. The number of likely N-dealkylation sites (tertiary alicyclic amines) is 1. The number of hydrogen-bond acceptors (Lipinski definition) is 9. The average molecular weight is 706 g/mol. The summed E-state index contributed by atoms with van der Waals surface area (Å²) < 4.78 is 28.2. The van der Waals surface area contributed by atoms with Gasteiger partial charge in [0.2, 0.25) is 11.0 Å². The number of fused-ring (bicyclic) bond motifs is 1. The largest absolute Gasteiger partial charge is 0.473 e. The Hall–Kier alpha value is -4.24. The maximum atomic E-state index is 14.2. The van der Waals surface area contributed by atoms with E-state index in [2.05, 4.69) is 42.1 Å². The smallest absolute Gasteiger partial charge is 0.312 e. The first-order valence-electron chi connectivity index (χ1n) is 16.3. The second-order valence-electron chi connectivity index (χ2n) is 12.2. The van der Waals surface area contributed by atoms with Gasteiger partial charge in [-0.15, -0.1) is 5.10 Å². The van der Waals surface area contributed by atoms with E-state index in [0.29, 0.717) is 45.7 Å². The lowest BCUT2D eigenvalue weighted by atomic mass is 9.93. The van der Waals surface area contributed by atoms with E-state index in [-0.39, 0.29) is 12.7 Å². The van der Waals surface area contributed by atoms with Crippen molar-refractivity contribution in [3.63, 3.8) is 0 Å². The lowest BCUT2D eigenvalue weighted by Crippen LogP contribution is -2.35. The molecule has 0 unspecified atom stereocenters. The molecule has 0 radical (unpaired) electrons. The van der Waals surface area contributed by atoms with Gasteiger partial charge in [0, 0.05) is 52.7 Å². The number of benzene rings is 2. The molecule has 256 valence electrons. The minimum absolute atomic E-state index is 0.0857. The lowest BCUT2D eigenvalue weighted by Gasteiger charge is -2.32. The van der Waals surface area contributed by atoms with E-state index in [0.717, 1.165) is 80.2 Å². The second kappa shape index (κ2) is 15.1. The average Bonchev–Trinajstić information content (AvgIpc) is 3.69. The van der Waals surface area contributed by atoms with Gasteiger partial charge in [-0.3, -0.25) is 10.00 Å².